The number of benzene rings is 1. The van der Waals surface area contributed by atoms with Gasteiger partial charge in [0.1, 0.15) is 39.8 Å². The number of piperidine rings is 1. The van der Waals surface area contributed by atoms with Crippen molar-refractivity contribution in [3.63, 3.8) is 0 Å². The van der Waals surface area contributed by atoms with Crippen LogP contribution in [0.25, 0.3) is 0 Å². The fraction of sp³-hybridized carbons (Fsp3) is 0.600. The monoisotopic (exact) mass is 530 g/mol. The Hall–Kier alpha value is -1.41. The van der Waals surface area contributed by atoms with E-state index in [0.29, 0.717) is 46.5 Å². The van der Waals surface area contributed by atoms with E-state index in [1.165, 1.54) is 0 Å². The standard InChI is InChI=1S/C25H36Cl2N2O4S/c1-9-12-32-21-15-20(27)19(26)14-18(21)22(28-34(31)25(6,7)8)17-10-11-29(16(2)13-17)23(30)33-24(3,4)5/h9,14-17H,1,10-13H2,2-8H3/t16-,17-,34?/m0/s1. The summed E-state index contributed by atoms with van der Waals surface area (Å²) in [7, 11) is 0. The molecule has 0 bridgehead atoms. The fourth-order valence-corrected chi connectivity index (χ4v) is 4.60. The third-order valence-electron chi connectivity index (χ3n) is 5.25. The number of halogens is 2. The first-order valence-corrected chi connectivity index (χ1v) is 13.2. The molecular weight excluding hydrogens is 495 g/mol. The highest BCUT2D eigenvalue weighted by atomic mass is 35.5. The van der Waals surface area contributed by atoms with E-state index < -0.39 is 21.7 Å². The Kier molecular flexibility index (Phi) is 9.79. The first kappa shape index (κ1) is 28.8. The highest BCUT2D eigenvalue weighted by molar-refractivity contribution is 7.91. The number of likely N-dealkylation sites (tertiary alicyclic amines) is 1. The van der Waals surface area contributed by atoms with E-state index in [-0.39, 0.29) is 24.7 Å². The minimum absolute atomic E-state index is 0.0664. The number of hydrogen-bond acceptors (Lipinski definition) is 5. The smallest absolute Gasteiger partial charge is 0.410 e. The Balaban J connectivity index is 2.47. The average Bonchev–Trinajstić information content (AvgIpc) is 2.70. The van der Waals surface area contributed by atoms with Crippen LogP contribution in [-0.4, -0.2) is 50.8 Å². The van der Waals surface area contributed by atoms with Gasteiger partial charge in [-0.2, -0.15) is 0 Å². The van der Waals surface area contributed by atoms with Crippen molar-refractivity contribution in [2.75, 3.05) is 13.2 Å². The summed E-state index contributed by atoms with van der Waals surface area (Å²) in [5.74, 6) is 0.435. The molecule has 3 atom stereocenters. The molecule has 1 fully saturated rings. The van der Waals surface area contributed by atoms with Crippen LogP contribution >= 0.6 is 23.2 Å². The molecule has 1 heterocycles. The maximum absolute atomic E-state index is 13.1. The summed E-state index contributed by atoms with van der Waals surface area (Å²) in [4.78, 5) is 14.4. The van der Waals surface area contributed by atoms with Crippen molar-refractivity contribution in [3.8, 4) is 5.75 Å². The van der Waals surface area contributed by atoms with Crippen LogP contribution in [0.5, 0.6) is 5.75 Å². The van der Waals surface area contributed by atoms with Crippen LogP contribution < -0.4 is 4.74 Å². The molecule has 190 valence electrons. The van der Waals surface area contributed by atoms with Crippen LogP contribution in [0.2, 0.25) is 10.0 Å². The third-order valence-corrected chi connectivity index (χ3v) is 7.38. The van der Waals surface area contributed by atoms with E-state index in [9.17, 15) is 9.35 Å². The van der Waals surface area contributed by atoms with Gasteiger partial charge in [0.05, 0.1) is 10.0 Å². The van der Waals surface area contributed by atoms with Gasteiger partial charge < -0.3 is 18.9 Å². The van der Waals surface area contributed by atoms with Gasteiger partial charge in [-0.1, -0.05) is 40.3 Å². The molecule has 0 aliphatic carbocycles. The molecule has 0 radical (unpaired) electrons. The van der Waals surface area contributed by atoms with E-state index >= 15 is 0 Å². The van der Waals surface area contributed by atoms with Crippen molar-refractivity contribution >= 4 is 46.4 Å². The second-order valence-corrected chi connectivity index (χ2v) is 13.2. The summed E-state index contributed by atoms with van der Waals surface area (Å²) in [5.41, 5.74) is 0.722. The van der Waals surface area contributed by atoms with Gasteiger partial charge in [0, 0.05) is 30.1 Å². The van der Waals surface area contributed by atoms with Crippen LogP contribution in [0.4, 0.5) is 4.79 Å². The quantitative estimate of drug-likeness (QED) is 0.229. The lowest BCUT2D eigenvalue weighted by Crippen LogP contribution is -2.48. The molecule has 9 heteroatoms. The Morgan fingerprint density at radius 2 is 1.88 bits per heavy atom. The molecule has 1 unspecified atom stereocenters. The molecule has 2 rings (SSSR count). The maximum Gasteiger partial charge on any atom is 0.410 e. The predicted octanol–water partition coefficient (Wildman–Crippen LogP) is 6.85. The van der Waals surface area contributed by atoms with E-state index in [1.54, 1.807) is 23.1 Å². The van der Waals surface area contributed by atoms with Gasteiger partial charge in [0.25, 0.3) is 0 Å². The van der Waals surface area contributed by atoms with Gasteiger partial charge in [-0.25, -0.2) is 4.79 Å². The molecule has 0 spiro atoms. The van der Waals surface area contributed by atoms with Crippen LogP contribution in [0, 0.1) is 5.92 Å². The van der Waals surface area contributed by atoms with E-state index in [4.69, 9.17) is 37.1 Å². The molecule has 1 amide bonds. The Bertz CT molecular complexity index is 925. The van der Waals surface area contributed by atoms with E-state index in [0.717, 1.165) is 0 Å². The summed E-state index contributed by atoms with van der Waals surface area (Å²) in [5, 5.41) is 0.713. The molecule has 1 aromatic rings. The fourth-order valence-electron chi connectivity index (χ4n) is 3.58. The summed E-state index contributed by atoms with van der Waals surface area (Å²) in [6.45, 7) is 17.6. The number of hydrogen-bond donors (Lipinski definition) is 0. The molecule has 0 N–H and O–H groups in total. The summed E-state index contributed by atoms with van der Waals surface area (Å²) < 4.78 is 28.7. The molecule has 1 aliphatic rings. The van der Waals surface area contributed by atoms with Crippen LogP contribution in [0.1, 0.15) is 66.9 Å². The first-order valence-electron chi connectivity index (χ1n) is 11.4. The molecular formula is C25H36Cl2N2O4S. The lowest BCUT2D eigenvalue weighted by molar-refractivity contribution is 0.00989. The third kappa shape index (κ3) is 7.80. The lowest BCUT2D eigenvalue weighted by atomic mass is 9.84. The molecule has 0 saturated carbocycles. The maximum atomic E-state index is 13.1. The lowest BCUT2D eigenvalue weighted by Gasteiger charge is -2.38. The summed E-state index contributed by atoms with van der Waals surface area (Å²) in [6, 6.07) is 3.27. The van der Waals surface area contributed by atoms with Crippen LogP contribution in [-0.2, 0) is 16.1 Å². The zero-order chi connectivity index (χ0) is 25.8. The second-order valence-electron chi connectivity index (χ2n) is 10.4. The summed E-state index contributed by atoms with van der Waals surface area (Å²) >= 11 is 11.1. The van der Waals surface area contributed by atoms with Crippen LogP contribution in [0.3, 0.4) is 0 Å². The van der Waals surface area contributed by atoms with Gasteiger partial charge >= 0.3 is 6.09 Å². The zero-order valence-electron chi connectivity index (χ0n) is 21.1. The van der Waals surface area contributed by atoms with Gasteiger partial charge in [0.2, 0.25) is 0 Å². The van der Waals surface area contributed by atoms with Crippen molar-refractivity contribution in [3.05, 3.63) is 40.4 Å². The van der Waals surface area contributed by atoms with Crippen LogP contribution in [0.15, 0.2) is 29.2 Å². The van der Waals surface area contributed by atoms with Crippen molar-refractivity contribution in [2.24, 2.45) is 10.3 Å². The van der Waals surface area contributed by atoms with E-state index in [1.807, 2.05) is 48.5 Å². The highest BCUT2D eigenvalue weighted by Gasteiger charge is 2.37. The van der Waals surface area contributed by atoms with Gasteiger partial charge in [-0.05, 0) is 67.4 Å². The minimum atomic E-state index is -1.51. The van der Waals surface area contributed by atoms with Crippen molar-refractivity contribution < 1.29 is 18.8 Å². The number of carbonyl (C=O) groups is 1. The molecule has 34 heavy (non-hydrogen) atoms. The summed E-state index contributed by atoms with van der Waals surface area (Å²) in [6.07, 6.45) is 2.56. The SMILES string of the molecule is C=CCOc1cc(Cl)c(Cl)cc1C(=N[S+]([O-])C(C)(C)C)[C@H]1CCN(C(=O)OC(C)(C)C)[C@@H](C)C1. The normalized spacial score (nSPS) is 20.6. The van der Waals surface area contributed by atoms with Crippen molar-refractivity contribution in [1.82, 2.24) is 4.90 Å². The Labute approximate surface area is 217 Å². The molecule has 1 saturated heterocycles. The van der Waals surface area contributed by atoms with E-state index in [2.05, 4.69) is 6.58 Å². The zero-order valence-corrected chi connectivity index (χ0v) is 23.4. The number of amides is 1. The molecule has 1 aliphatic heterocycles. The predicted molar refractivity (Wildman–Crippen MR) is 142 cm³/mol. The number of rotatable bonds is 6. The van der Waals surface area contributed by atoms with Crippen molar-refractivity contribution in [1.29, 1.82) is 0 Å². The number of carbonyl (C=O) groups excluding carboxylic acids is 1. The molecule has 0 aromatic heterocycles. The van der Waals surface area contributed by atoms with Gasteiger partial charge in [-0.3, -0.25) is 0 Å². The molecule has 1 aromatic carbocycles. The van der Waals surface area contributed by atoms with Crippen molar-refractivity contribution in [2.45, 2.75) is 77.7 Å². The highest BCUT2D eigenvalue weighted by Crippen LogP contribution is 2.37. The topological polar surface area (TPSA) is 74.2 Å². The first-order chi connectivity index (χ1) is 15.6. The average molecular weight is 532 g/mol. The Morgan fingerprint density at radius 3 is 2.41 bits per heavy atom. The molecule has 6 nitrogen and oxygen atoms in total. The van der Waals surface area contributed by atoms with Gasteiger partial charge in [-0.15, -0.1) is 0 Å². The largest absolute Gasteiger partial charge is 0.591 e. The Morgan fingerprint density at radius 1 is 1.26 bits per heavy atom. The number of nitrogens with zero attached hydrogens (tertiary/aromatic N) is 2. The number of ether oxygens (including phenoxy) is 2. The van der Waals surface area contributed by atoms with Gasteiger partial charge in [0.15, 0.2) is 0 Å². The second kappa shape index (κ2) is 11.5. The minimum Gasteiger partial charge on any atom is -0.591 e.